The van der Waals surface area contributed by atoms with Crippen molar-refractivity contribution in [2.24, 2.45) is 7.05 Å². The second-order valence-corrected chi connectivity index (χ2v) is 7.08. The van der Waals surface area contributed by atoms with Crippen molar-refractivity contribution < 1.29 is 17.9 Å². The number of amides is 1. The molecule has 2 aromatic rings. The fourth-order valence-corrected chi connectivity index (χ4v) is 3.68. The molecule has 1 amide bonds. The van der Waals surface area contributed by atoms with Crippen LogP contribution in [0.1, 0.15) is 21.7 Å². The Bertz CT molecular complexity index is 892. The van der Waals surface area contributed by atoms with Gasteiger partial charge >= 0.3 is 0 Å². The molecule has 0 aliphatic heterocycles. The van der Waals surface area contributed by atoms with E-state index in [0.717, 1.165) is 0 Å². The van der Waals surface area contributed by atoms with E-state index in [0.29, 0.717) is 16.4 Å². The maximum absolute atomic E-state index is 12.4. The molecule has 0 aliphatic carbocycles. The molecule has 0 saturated heterocycles. The molecule has 10 heteroatoms. The molecule has 0 saturated carbocycles. The third-order valence-electron chi connectivity index (χ3n) is 3.42. The van der Waals surface area contributed by atoms with E-state index in [1.54, 1.807) is 27.0 Å². The summed E-state index contributed by atoms with van der Waals surface area (Å²) in [4.78, 5) is 14.3. The van der Waals surface area contributed by atoms with Gasteiger partial charge in [0, 0.05) is 12.1 Å². The van der Waals surface area contributed by atoms with Gasteiger partial charge in [0.15, 0.2) is 0 Å². The first kappa shape index (κ1) is 18.2. The predicted molar refractivity (Wildman–Crippen MR) is 88.5 cm³/mol. The highest BCUT2D eigenvalue weighted by Gasteiger charge is 2.25. The van der Waals surface area contributed by atoms with Crippen molar-refractivity contribution in [1.29, 1.82) is 0 Å². The summed E-state index contributed by atoms with van der Waals surface area (Å²) < 4.78 is 31.3. The summed E-state index contributed by atoms with van der Waals surface area (Å²) in [7, 11) is -0.942. The van der Waals surface area contributed by atoms with Gasteiger partial charge in [-0.15, -0.1) is 4.83 Å². The Kier molecular flexibility index (Phi) is 5.16. The summed E-state index contributed by atoms with van der Waals surface area (Å²) in [6.45, 7) is 3.19. The second kappa shape index (κ2) is 6.80. The molecule has 1 aromatic carbocycles. The number of aryl methyl sites for hydroxylation is 2. The molecule has 0 spiro atoms. The van der Waals surface area contributed by atoms with Crippen LogP contribution in [0.2, 0.25) is 5.02 Å². The quantitative estimate of drug-likeness (QED) is 0.771. The first-order valence-electron chi connectivity index (χ1n) is 6.83. The van der Waals surface area contributed by atoms with Crippen LogP contribution in [0.4, 0.5) is 0 Å². The van der Waals surface area contributed by atoms with Crippen molar-refractivity contribution in [2.45, 2.75) is 18.7 Å². The lowest BCUT2D eigenvalue weighted by molar-refractivity contribution is 0.0942. The van der Waals surface area contributed by atoms with Gasteiger partial charge in [-0.1, -0.05) is 11.6 Å². The predicted octanol–water partition coefficient (Wildman–Crippen LogP) is 1.32. The zero-order chi connectivity index (χ0) is 18.1. The summed E-state index contributed by atoms with van der Waals surface area (Å²) >= 11 is 5.86. The zero-order valence-corrected chi connectivity index (χ0v) is 15.1. The maximum Gasteiger partial charge on any atom is 0.270 e. The van der Waals surface area contributed by atoms with Crippen LogP contribution in [0.5, 0.6) is 5.75 Å². The second-order valence-electron chi connectivity index (χ2n) is 5.03. The monoisotopic (exact) mass is 372 g/mol. The molecule has 0 aliphatic rings. The van der Waals surface area contributed by atoms with Crippen molar-refractivity contribution in [3.05, 3.63) is 40.2 Å². The molecule has 2 rings (SSSR count). The molecule has 2 N–H and O–H groups in total. The van der Waals surface area contributed by atoms with E-state index in [4.69, 9.17) is 16.3 Å². The topological polar surface area (TPSA) is 102 Å². The molecule has 1 heterocycles. The first-order valence-corrected chi connectivity index (χ1v) is 8.69. The molecule has 0 fully saturated rings. The average molecular weight is 373 g/mol. The van der Waals surface area contributed by atoms with Crippen LogP contribution in [-0.4, -0.2) is 31.2 Å². The molecule has 1 aromatic heterocycles. The lowest BCUT2D eigenvalue weighted by atomic mass is 10.2. The third kappa shape index (κ3) is 3.53. The molecule has 0 bridgehead atoms. The van der Waals surface area contributed by atoms with Crippen LogP contribution >= 0.6 is 11.6 Å². The highest BCUT2D eigenvalue weighted by Crippen LogP contribution is 2.22. The third-order valence-corrected chi connectivity index (χ3v) is 5.15. The lowest BCUT2D eigenvalue weighted by Gasteiger charge is -2.11. The van der Waals surface area contributed by atoms with Gasteiger partial charge < -0.3 is 4.74 Å². The standard InChI is InChI=1S/C14H17ClN4O4S/c1-8-13(9(2)19(3)17-8)24(21,22)18-16-14(20)11-7-10(15)5-6-12(11)23-4/h5-7,18H,1-4H3,(H,16,20). The van der Waals surface area contributed by atoms with Gasteiger partial charge in [0.05, 0.1) is 24.1 Å². The van der Waals surface area contributed by atoms with Gasteiger partial charge in [0.2, 0.25) is 0 Å². The summed E-state index contributed by atoms with van der Waals surface area (Å²) in [5, 5.41) is 4.37. The number of halogens is 1. The van der Waals surface area contributed by atoms with E-state index in [1.165, 1.54) is 23.9 Å². The number of sulfonamides is 1. The Hall–Kier alpha value is -2.10. The van der Waals surface area contributed by atoms with E-state index < -0.39 is 15.9 Å². The number of benzene rings is 1. The highest BCUT2D eigenvalue weighted by molar-refractivity contribution is 7.89. The van der Waals surface area contributed by atoms with E-state index in [1.807, 2.05) is 0 Å². The zero-order valence-electron chi connectivity index (χ0n) is 13.5. The van der Waals surface area contributed by atoms with Crippen molar-refractivity contribution in [2.75, 3.05) is 7.11 Å². The number of rotatable bonds is 5. The van der Waals surface area contributed by atoms with E-state index in [9.17, 15) is 13.2 Å². The number of hydrogen-bond acceptors (Lipinski definition) is 5. The van der Waals surface area contributed by atoms with Crippen molar-refractivity contribution >= 4 is 27.5 Å². The molecular formula is C14H17ClN4O4S. The van der Waals surface area contributed by atoms with E-state index in [-0.39, 0.29) is 16.2 Å². The van der Waals surface area contributed by atoms with Gasteiger partial charge in [0.25, 0.3) is 15.9 Å². The number of aromatic nitrogens is 2. The maximum atomic E-state index is 12.4. The molecule has 0 unspecified atom stereocenters. The van der Waals surface area contributed by atoms with Crippen LogP contribution < -0.4 is 15.0 Å². The fraction of sp³-hybridized carbons (Fsp3) is 0.286. The Labute approximate surface area is 144 Å². The smallest absolute Gasteiger partial charge is 0.270 e. The lowest BCUT2D eigenvalue weighted by Crippen LogP contribution is -2.42. The SMILES string of the molecule is COc1ccc(Cl)cc1C(=O)NNS(=O)(=O)c1c(C)nn(C)c1C. The normalized spacial score (nSPS) is 11.4. The number of ether oxygens (including phenoxy) is 1. The van der Waals surface area contributed by atoms with Crippen LogP contribution in [0.15, 0.2) is 23.1 Å². The van der Waals surface area contributed by atoms with Gasteiger partial charge in [-0.2, -0.15) is 5.10 Å². The van der Waals surface area contributed by atoms with Gasteiger partial charge in [-0.25, -0.2) is 8.42 Å². The minimum Gasteiger partial charge on any atom is -0.496 e. The number of hydrazine groups is 1. The van der Waals surface area contributed by atoms with E-state index >= 15 is 0 Å². The minimum absolute atomic E-state index is 0.0170. The number of methoxy groups -OCH3 is 1. The largest absolute Gasteiger partial charge is 0.496 e. The van der Waals surface area contributed by atoms with Crippen molar-refractivity contribution in [3.8, 4) is 5.75 Å². The Morgan fingerprint density at radius 2 is 2.00 bits per heavy atom. The van der Waals surface area contributed by atoms with Crippen LogP contribution in [0, 0.1) is 13.8 Å². The number of carbonyl (C=O) groups is 1. The number of nitrogens with zero attached hydrogens (tertiary/aromatic N) is 2. The molecule has 130 valence electrons. The Morgan fingerprint density at radius 1 is 1.33 bits per heavy atom. The van der Waals surface area contributed by atoms with Crippen molar-refractivity contribution in [3.63, 3.8) is 0 Å². The fourth-order valence-electron chi connectivity index (χ4n) is 2.23. The first-order chi connectivity index (χ1) is 11.2. The number of nitrogens with one attached hydrogen (secondary N) is 2. The van der Waals surface area contributed by atoms with Crippen molar-refractivity contribution in [1.82, 2.24) is 20.0 Å². The van der Waals surface area contributed by atoms with Crippen LogP contribution in [0.3, 0.4) is 0 Å². The molecular weight excluding hydrogens is 356 g/mol. The van der Waals surface area contributed by atoms with Gasteiger partial charge in [-0.05, 0) is 32.0 Å². The van der Waals surface area contributed by atoms with E-state index in [2.05, 4.69) is 15.4 Å². The molecule has 8 nitrogen and oxygen atoms in total. The summed E-state index contributed by atoms with van der Waals surface area (Å²) in [5.41, 5.74) is 3.04. The Morgan fingerprint density at radius 3 is 2.54 bits per heavy atom. The minimum atomic E-state index is -3.97. The summed E-state index contributed by atoms with van der Waals surface area (Å²) in [6, 6.07) is 4.45. The molecule has 0 atom stereocenters. The number of carbonyl (C=O) groups excluding carboxylic acids is 1. The van der Waals surface area contributed by atoms with Gasteiger partial charge in [0.1, 0.15) is 10.6 Å². The van der Waals surface area contributed by atoms with Gasteiger partial charge in [-0.3, -0.25) is 14.9 Å². The highest BCUT2D eigenvalue weighted by atomic mass is 35.5. The average Bonchev–Trinajstić information content (AvgIpc) is 2.78. The summed E-state index contributed by atoms with van der Waals surface area (Å²) in [6.07, 6.45) is 0. The molecule has 24 heavy (non-hydrogen) atoms. The summed E-state index contributed by atoms with van der Waals surface area (Å²) in [5.74, 6) is -0.429. The van der Waals surface area contributed by atoms with Crippen LogP contribution in [-0.2, 0) is 17.1 Å². The molecule has 0 radical (unpaired) electrons. The van der Waals surface area contributed by atoms with Crippen LogP contribution in [0.25, 0.3) is 0 Å². The Balaban J connectivity index is 2.24. The number of hydrogen-bond donors (Lipinski definition) is 2.